The third-order valence-electron chi connectivity index (χ3n) is 1.51. The number of morpholine rings is 1. The number of aliphatic carboxylic acids is 2. The average Bonchev–Trinajstić information content (AvgIpc) is 2.20. The average molecular weight is 220 g/mol. The largest absolute Gasteiger partial charge is 0.473 e. The number of rotatable bonds is 0. The van der Waals surface area contributed by atoms with Crippen LogP contribution in [0.1, 0.15) is 0 Å². The predicted molar refractivity (Wildman–Crippen MR) is 47.2 cm³/mol. The maximum Gasteiger partial charge on any atom is 0.414 e. The van der Waals surface area contributed by atoms with Crippen LogP contribution < -0.4 is 5.73 Å². The second-order valence-electron chi connectivity index (χ2n) is 2.55. The normalized spacial score (nSPS) is 14.8. The SMILES string of the molecule is NC(=O)N1CCOCC1.O=C(O)C(=O)O. The fourth-order valence-electron chi connectivity index (χ4n) is 0.784. The molecule has 0 unspecified atom stereocenters. The summed E-state index contributed by atoms with van der Waals surface area (Å²) in [7, 11) is 0. The van der Waals surface area contributed by atoms with Crippen molar-refractivity contribution in [3.8, 4) is 0 Å². The number of amides is 2. The van der Waals surface area contributed by atoms with Crippen molar-refractivity contribution >= 4 is 18.0 Å². The van der Waals surface area contributed by atoms with Gasteiger partial charge in [-0.25, -0.2) is 14.4 Å². The van der Waals surface area contributed by atoms with Gasteiger partial charge in [-0.2, -0.15) is 0 Å². The molecular formula is C7H12N2O6. The summed E-state index contributed by atoms with van der Waals surface area (Å²) in [5.74, 6) is -3.65. The van der Waals surface area contributed by atoms with Gasteiger partial charge in [-0.3, -0.25) is 0 Å². The summed E-state index contributed by atoms with van der Waals surface area (Å²) in [6.45, 7) is 2.50. The molecule has 0 aromatic rings. The molecule has 0 atom stereocenters. The Hall–Kier alpha value is -1.83. The number of nitrogens with zero attached hydrogens (tertiary/aromatic N) is 1. The lowest BCUT2D eigenvalue weighted by Gasteiger charge is -2.24. The predicted octanol–water partition coefficient (Wildman–Crippen LogP) is -1.45. The number of carbonyl (C=O) groups excluding carboxylic acids is 1. The van der Waals surface area contributed by atoms with Crippen molar-refractivity contribution in [1.29, 1.82) is 0 Å². The molecule has 8 nitrogen and oxygen atoms in total. The van der Waals surface area contributed by atoms with E-state index in [-0.39, 0.29) is 6.03 Å². The molecule has 1 fully saturated rings. The van der Waals surface area contributed by atoms with Crippen LogP contribution in [0.3, 0.4) is 0 Å². The zero-order chi connectivity index (χ0) is 11.8. The Kier molecular flexibility index (Phi) is 5.79. The summed E-state index contributed by atoms with van der Waals surface area (Å²) in [5, 5.41) is 14.8. The highest BCUT2D eigenvalue weighted by Gasteiger charge is 2.12. The van der Waals surface area contributed by atoms with Crippen LogP contribution in [-0.2, 0) is 14.3 Å². The molecule has 0 spiro atoms. The quantitative estimate of drug-likeness (QED) is 0.428. The summed E-state index contributed by atoms with van der Waals surface area (Å²) in [4.78, 5) is 30.2. The smallest absolute Gasteiger partial charge is 0.414 e. The zero-order valence-electron chi connectivity index (χ0n) is 7.88. The van der Waals surface area contributed by atoms with Gasteiger partial charge in [-0.1, -0.05) is 0 Å². The molecule has 1 rings (SSSR count). The number of carboxylic acid groups (broad SMARTS) is 2. The lowest BCUT2D eigenvalue weighted by molar-refractivity contribution is -0.159. The monoisotopic (exact) mass is 220 g/mol. The van der Waals surface area contributed by atoms with E-state index >= 15 is 0 Å². The van der Waals surface area contributed by atoms with E-state index in [0.29, 0.717) is 26.3 Å². The van der Waals surface area contributed by atoms with E-state index < -0.39 is 11.9 Å². The van der Waals surface area contributed by atoms with E-state index in [4.69, 9.17) is 30.3 Å². The third kappa shape index (κ3) is 6.27. The van der Waals surface area contributed by atoms with Crippen LogP contribution in [0.15, 0.2) is 0 Å². The minimum absolute atomic E-state index is 0.349. The van der Waals surface area contributed by atoms with Gasteiger partial charge in [0.1, 0.15) is 0 Å². The Labute approximate surface area is 85.2 Å². The van der Waals surface area contributed by atoms with Gasteiger partial charge in [0.2, 0.25) is 0 Å². The first-order valence-electron chi connectivity index (χ1n) is 4.03. The van der Waals surface area contributed by atoms with Crippen molar-refractivity contribution in [3.63, 3.8) is 0 Å². The van der Waals surface area contributed by atoms with Crippen LogP contribution in [0.4, 0.5) is 4.79 Å². The maximum atomic E-state index is 10.4. The summed E-state index contributed by atoms with van der Waals surface area (Å²) in [6, 6.07) is -0.349. The van der Waals surface area contributed by atoms with Crippen LogP contribution in [-0.4, -0.2) is 59.4 Å². The topological polar surface area (TPSA) is 130 Å². The van der Waals surface area contributed by atoms with Crippen molar-refractivity contribution in [2.45, 2.75) is 0 Å². The molecular weight excluding hydrogens is 208 g/mol. The first-order valence-corrected chi connectivity index (χ1v) is 4.03. The number of ether oxygens (including phenoxy) is 1. The number of hydrogen-bond acceptors (Lipinski definition) is 4. The van der Waals surface area contributed by atoms with Gasteiger partial charge in [0, 0.05) is 13.1 Å². The van der Waals surface area contributed by atoms with Gasteiger partial charge in [-0.05, 0) is 0 Å². The van der Waals surface area contributed by atoms with Crippen LogP contribution >= 0.6 is 0 Å². The van der Waals surface area contributed by atoms with Gasteiger partial charge in [0.25, 0.3) is 0 Å². The van der Waals surface area contributed by atoms with Crippen LogP contribution in [0.2, 0.25) is 0 Å². The van der Waals surface area contributed by atoms with E-state index in [2.05, 4.69) is 0 Å². The fraction of sp³-hybridized carbons (Fsp3) is 0.571. The van der Waals surface area contributed by atoms with Gasteiger partial charge in [-0.15, -0.1) is 0 Å². The Balaban J connectivity index is 0.000000288. The molecule has 0 aromatic heterocycles. The minimum atomic E-state index is -1.82. The Morgan fingerprint density at radius 2 is 1.47 bits per heavy atom. The summed E-state index contributed by atoms with van der Waals surface area (Å²) in [6.07, 6.45) is 0. The first kappa shape index (κ1) is 13.2. The van der Waals surface area contributed by atoms with Gasteiger partial charge in [0.05, 0.1) is 13.2 Å². The van der Waals surface area contributed by atoms with Crippen molar-refractivity contribution in [1.82, 2.24) is 4.90 Å². The number of hydrogen-bond donors (Lipinski definition) is 3. The van der Waals surface area contributed by atoms with Gasteiger partial charge in [0.15, 0.2) is 0 Å². The zero-order valence-corrected chi connectivity index (χ0v) is 7.88. The highest BCUT2D eigenvalue weighted by atomic mass is 16.5. The standard InChI is InChI=1S/C5H10N2O2.C2H2O4/c6-5(8)7-1-3-9-4-2-7;3-1(4)2(5)6/h1-4H2,(H2,6,8);(H,3,4)(H,5,6). The molecule has 1 saturated heterocycles. The number of carbonyl (C=O) groups is 3. The van der Waals surface area contributed by atoms with Crippen LogP contribution in [0, 0.1) is 0 Å². The van der Waals surface area contributed by atoms with E-state index in [9.17, 15) is 4.79 Å². The van der Waals surface area contributed by atoms with E-state index in [0.717, 1.165) is 0 Å². The number of urea groups is 1. The van der Waals surface area contributed by atoms with Crippen LogP contribution in [0.5, 0.6) is 0 Å². The van der Waals surface area contributed by atoms with Gasteiger partial charge >= 0.3 is 18.0 Å². The maximum absolute atomic E-state index is 10.4. The molecule has 0 bridgehead atoms. The molecule has 1 heterocycles. The van der Waals surface area contributed by atoms with E-state index in [1.807, 2.05) is 0 Å². The molecule has 1 aliphatic rings. The molecule has 15 heavy (non-hydrogen) atoms. The molecule has 8 heteroatoms. The molecule has 0 saturated carbocycles. The highest BCUT2D eigenvalue weighted by molar-refractivity contribution is 6.27. The number of primary amides is 1. The van der Waals surface area contributed by atoms with E-state index in [1.54, 1.807) is 4.90 Å². The molecule has 1 aliphatic heterocycles. The second-order valence-corrected chi connectivity index (χ2v) is 2.55. The highest BCUT2D eigenvalue weighted by Crippen LogP contribution is 1.94. The Bertz CT molecular complexity index is 236. The molecule has 2 amide bonds. The Morgan fingerprint density at radius 1 is 1.07 bits per heavy atom. The summed E-state index contributed by atoms with van der Waals surface area (Å²) in [5.41, 5.74) is 5.00. The lowest BCUT2D eigenvalue weighted by Crippen LogP contribution is -2.43. The lowest BCUT2D eigenvalue weighted by atomic mass is 10.4. The van der Waals surface area contributed by atoms with Crippen LogP contribution in [0.25, 0.3) is 0 Å². The van der Waals surface area contributed by atoms with Crippen molar-refractivity contribution in [2.24, 2.45) is 5.73 Å². The number of nitrogens with two attached hydrogens (primary N) is 1. The minimum Gasteiger partial charge on any atom is -0.473 e. The first-order chi connectivity index (χ1) is 6.95. The second kappa shape index (κ2) is 6.60. The van der Waals surface area contributed by atoms with E-state index in [1.165, 1.54) is 0 Å². The fourth-order valence-corrected chi connectivity index (χ4v) is 0.784. The number of carboxylic acids is 2. The van der Waals surface area contributed by atoms with Crippen molar-refractivity contribution in [2.75, 3.05) is 26.3 Å². The van der Waals surface area contributed by atoms with Crippen molar-refractivity contribution < 1.29 is 29.3 Å². The molecule has 86 valence electrons. The Morgan fingerprint density at radius 3 is 1.67 bits per heavy atom. The molecule has 0 aliphatic carbocycles. The summed E-state index contributed by atoms with van der Waals surface area (Å²) >= 11 is 0. The molecule has 0 aromatic carbocycles. The third-order valence-corrected chi connectivity index (χ3v) is 1.51. The van der Waals surface area contributed by atoms with Crippen molar-refractivity contribution in [3.05, 3.63) is 0 Å². The van der Waals surface area contributed by atoms with Gasteiger partial charge < -0.3 is 25.6 Å². The molecule has 0 radical (unpaired) electrons. The summed E-state index contributed by atoms with van der Waals surface area (Å²) < 4.78 is 5.00. The molecule has 4 N–H and O–H groups in total.